The number of aromatic amines is 1. The molecule has 88 valence electrons. The molecule has 1 aromatic heterocycles. The van der Waals surface area contributed by atoms with Crippen molar-refractivity contribution in [3.8, 4) is 0 Å². The van der Waals surface area contributed by atoms with Crippen LogP contribution < -0.4 is 0 Å². The maximum absolute atomic E-state index is 3.35. The van der Waals surface area contributed by atoms with Gasteiger partial charge < -0.3 is 4.98 Å². The summed E-state index contributed by atoms with van der Waals surface area (Å²) in [7, 11) is 0. The summed E-state index contributed by atoms with van der Waals surface area (Å²) >= 11 is 0. The molecule has 3 rings (SSSR count). The summed E-state index contributed by atoms with van der Waals surface area (Å²) in [4.78, 5) is 5.89. The largest absolute Gasteiger partial charge is 0.361 e. The van der Waals surface area contributed by atoms with Gasteiger partial charge >= 0.3 is 0 Å². The van der Waals surface area contributed by atoms with Crippen molar-refractivity contribution >= 4 is 10.9 Å². The SMILES string of the molecule is C1=CCCN(Cc2c[nH]c3ccccc23)CC1. The van der Waals surface area contributed by atoms with Crippen LogP contribution in [0.1, 0.15) is 18.4 Å². The number of H-pyrrole nitrogens is 1. The highest BCUT2D eigenvalue weighted by Gasteiger charge is 2.09. The van der Waals surface area contributed by atoms with E-state index in [-0.39, 0.29) is 0 Å². The van der Waals surface area contributed by atoms with Gasteiger partial charge in [-0.15, -0.1) is 0 Å². The van der Waals surface area contributed by atoms with E-state index < -0.39 is 0 Å². The first kappa shape index (κ1) is 10.6. The zero-order valence-corrected chi connectivity index (χ0v) is 10.0. The number of hydrogen-bond acceptors (Lipinski definition) is 1. The van der Waals surface area contributed by atoms with Gasteiger partial charge in [0.15, 0.2) is 0 Å². The van der Waals surface area contributed by atoms with Gasteiger partial charge in [-0.1, -0.05) is 30.4 Å². The van der Waals surface area contributed by atoms with Crippen LogP contribution >= 0.6 is 0 Å². The third-order valence-corrected chi connectivity index (χ3v) is 3.46. The van der Waals surface area contributed by atoms with Gasteiger partial charge in [-0.3, -0.25) is 4.90 Å². The number of nitrogens with one attached hydrogen (secondary N) is 1. The Hall–Kier alpha value is -1.54. The lowest BCUT2D eigenvalue weighted by Gasteiger charge is -2.19. The molecule has 17 heavy (non-hydrogen) atoms. The zero-order valence-electron chi connectivity index (χ0n) is 10.0. The van der Waals surface area contributed by atoms with Gasteiger partial charge in [0.25, 0.3) is 0 Å². The number of hydrogen-bond donors (Lipinski definition) is 1. The number of rotatable bonds is 2. The topological polar surface area (TPSA) is 19.0 Å². The molecule has 0 saturated carbocycles. The number of benzene rings is 1. The van der Waals surface area contributed by atoms with Crippen LogP contribution in [0.25, 0.3) is 10.9 Å². The second-order valence-corrected chi connectivity index (χ2v) is 4.68. The molecule has 0 radical (unpaired) electrons. The molecule has 2 nitrogen and oxygen atoms in total. The summed E-state index contributed by atoms with van der Waals surface area (Å²) in [6.07, 6.45) is 9.12. The average Bonchev–Trinajstić information content (AvgIpc) is 2.59. The van der Waals surface area contributed by atoms with Crippen LogP contribution in [0.4, 0.5) is 0 Å². The van der Waals surface area contributed by atoms with E-state index in [1.807, 2.05) is 0 Å². The van der Waals surface area contributed by atoms with Crippen LogP contribution in [0.15, 0.2) is 42.6 Å². The molecule has 2 heterocycles. The van der Waals surface area contributed by atoms with Crippen LogP contribution in [-0.4, -0.2) is 23.0 Å². The molecule has 0 fully saturated rings. The number of aromatic nitrogens is 1. The quantitative estimate of drug-likeness (QED) is 0.778. The highest BCUT2D eigenvalue weighted by atomic mass is 15.1. The van der Waals surface area contributed by atoms with E-state index in [1.165, 1.54) is 42.4 Å². The Labute approximate surface area is 102 Å². The minimum atomic E-state index is 1.06. The first-order valence-corrected chi connectivity index (χ1v) is 6.36. The summed E-state index contributed by atoms with van der Waals surface area (Å²) in [6, 6.07) is 8.54. The molecule has 0 atom stereocenters. The van der Waals surface area contributed by atoms with Crippen molar-refractivity contribution in [3.63, 3.8) is 0 Å². The predicted octanol–water partition coefficient (Wildman–Crippen LogP) is 3.32. The fourth-order valence-electron chi connectivity index (χ4n) is 2.52. The van der Waals surface area contributed by atoms with Crippen molar-refractivity contribution in [2.75, 3.05) is 13.1 Å². The number of nitrogens with zero attached hydrogens (tertiary/aromatic N) is 1. The summed E-state index contributed by atoms with van der Waals surface area (Å²) in [5.74, 6) is 0. The van der Waals surface area contributed by atoms with Gasteiger partial charge in [-0.25, -0.2) is 0 Å². The van der Waals surface area contributed by atoms with Crippen molar-refractivity contribution in [2.24, 2.45) is 0 Å². The summed E-state index contributed by atoms with van der Waals surface area (Å²) in [5, 5.41) is 1.37. The predicted molar refractivity (Wildman–Crippen MR) is 71.9 cm³/mol. The maximum atomic E-state index is 3.35. The number of fused-ring (bicyclic) bond motifs is 1. The molecule has 1 aromatic carbocycles. The van der Waals surface area contributed by atoms with Gasteiger partial charge in [0.1, 0.15) is 0 Å². The molecular weight excluding hydrogens is 208 g/mol. The summed E-state index contributed by atoms with van der Waals surface area (Å²) in [6.45, 7) is 3.41. The Balaban J connectivity index is 1.80. The monoisotopic (exact) mass is 226 g/mol. The first-order valence-electron chi connectivity index (χ1n) is 6.36. The third kappa shape index (κ3) is 2.27. The molecule has 0 saturated heterocycles. The van der Waals surface area contributed by atoms with Crippen molar-refractivity contribution in [1.82, 2.24) is 9.88 Å². The minimum Gasteiger partial charge on any atom is -0.361 e. The van der Waals surface area contributed by atoms with Gasteiger partial charge in [-0.05, 0) is 24.5 Å². The second-order valence-electron chi connectivity index (χ2n) is 4.68. The molecule has 0 bridgehead atoms. The van der Waals surface area contributed by atoms with Crippen LogP contribution in [0, 0.1) is 0 Å². The molecular formula is C15H18N2. The molecule has 0 aliphatic carbocycles. The molecule has 0 unspecified atom stereocenters. The van der Waals surface area contributed by atoms with E-state index in [1.54, 1.807) is 0 Å². The Morgan fingerprint density at radius 2 is 1.82 bits per heavy atom. The first-order chi connectivity index (χ1) is 8.43. The van der Waals surface area contributed by atoms with Crippen LogP contribution in [-0.2, 0) is 6.54 Å². The molecule has 0 amide bonds. The fourth-order valence-corrected chi connectivity index (χ4v) is 2.52. The second kappa shape index (κ2) is 4.76. The van der Waals surface area contributed by atoms with Crippen molar-refractivity contribution in [3.05, 3.63) is 48.2 Å². The standard InChI is InChI=1S/C15H18N2/c1-2-6-10-17(9-5-1)12-13-11-16-15-8-4-3-7-14(13)15/h1-4,7-8,11,16H,5-6,9-10,12H2. The Kier molecular flexibility index (Phi) is 2.97. The van der Waals surface area contributed by atoms with E-state index in [9.17, 15) is 0 Å². The number of para-hydroxylation sites is 1. The lowest BCUT2D eigenvalue weighted by atomic mass is 10.1. The zero-order chi connectivity index (χ0) is 11.5. The van der Waals surface area contributed by atoms with Gasteiger partial charge in [0.2, 0.25) is 0 Å². The Bertz CT molecular complexity index is 514. The average molecular weight is 226 g/mol. The van der Waals surface area contributed by atoms with Crippen molar-refractivity contribution in [1.29, 1.82) is 0 Å². The fraction of sp³-hybridized carbons (Fsp3) is 0.333. The van der Waals surface area contributed by atoms with E-state index in [0.29, 0.717) is 0 Å². The Morgan fingerprint density at radius 3 is 2.65 bits per heavy atom. The molecule has 2 aromatic rings. The lowest BCUT2D eigenvalue weighted by molar-refractivity contribution is 0.282. The third-order valence-electron chi connectivity index (χ3n) is 3.46. The van der Waals surface area contributed by atoms with E-state index in [0.717, 1.165) is 6.54 Å². The van der Waals surface area contributed by atoms with Crippen molar-refractivity contribution < 1.29 is 0 Å². The van der Waals surface area contributed by atoms with Crippen LogP contribution in [0.5, 0.6) is 0 Å². The van der Waals surface area contributed by atoms with Crippen LogP contribution in [0.3, 0.4) is 0 Å². The summed E-state index contributed by atoms with van der Waals surface area (Å²) in [5.41, 5.74) is 2.66. The molecule has 1 aliphatic rings. The maximum Gasteiger partial charge on any atom is 0.0457 e. The van der Waals surface area contributed by atoms with Gasteiger partial charge in [-0.2, -0.15) is 0 Å². The van der Waals surface area contributed by atoms with Crippen molar-refractivity contribution in [2.45, 2.75) is 19.4 Å². The van der Waals surface area contributed by atoms with Crippen LogP contribution in [0.2, 0.25) is 0 Å². The highest BCUT2D eigenvalue weighted by Crippen LogP contribution is 2.20. The summed E-state index contributed by atoms with van der Waals surface area (Å²) < 4.78 is 0. The molecule has 2 heteroatoms. The minimum absolute atomic E-state index is 1.06. The molecule has 1 N–H and O–H groups in total. The van der Waals surface area contributed by atoms with Gasteiger partial charge in [0.05, 0.1) is 0 Å². The molecule has 0 spiro atoms. The smallest absolute Gasteiger partial charge is 0.0457 e. The highest BCUT2D eigenvalue weighted by molar-refractivity contribution is 5.82. The van der Waals surface area contributed by atoms with E-state index in [2.05, 4.69) is 52.5 Å². The Morgan fingerprint density at radius 1 is 1.06 bits per heavy atom. The molecule has 1 aliphatic heterocycles. The lowest BCUT2D eigenvalue weighted by Crippen LogP contribution is -2.23. The van der Waals surface area contributed by atoms with E-state index >= 15 is 0 Å². The normalized spacial score (nSPS) is 17.4. The van der Waals surface area contributed by atoms with Gasteiger partial charge in [0, 0.05) is 36.7 Å². The van der Waals surface area contributed by atoms with E-state index in [4.69, 9.17) is 0 Å².